The molecule has 0 aliphatic carbocycles. The number of carbonyl (C=O) groups is 1. The average Bonchev–Trinajstić information content (AvgIpc) is 3.07. The number of amidine groups is 1. The van der Waals surface area contributed by atoms with E-state index in [1.165, 1.54) is 0 Å². The predicted octanol–water partition coefficient (Wildman–Crippen LogP) is 4.48. The van der Waals surface area contributed by atoms with Crippen molar-refractivity contribution in [3.8, 4) is 0 Å². The Kier molecular flexibility index (Phi) is 5.20. The van der Waals surface area contributed by atoms with E-state index < -0.39 is 0 Å². The molecule has 0 saturated heterocycles. The summed E-state index contributed by atoms with van der Waals surface area (Å²) in [6.45, 7) is 1.23. The molecule has 0 spiro atoms. The minimum absolute atomic E-state index is 0.204. The summed E-state index contributed by atoms with van der Waals surface area (Å²) in [7, 11) is 0. The topological polar surface area (TPSA) is 44.7 Å². The Morgan fingerprint density at radius 2 is 2.04 bits per heavy atom. The molecular formula is C17H16ClN3OS. The molecule has 0 radical (unpaired) electrons. The summed E-state index contributed by atoms with van der Waals surface area (Å²) in [6.07, 6.45) is 0. The standard InChI is InChI=1S/C17H16ClN3OS/c18-14-7-4-8-15(11-14)20-16(22)21(17-19-9-10-23-17)12-13-5-2-1-3-6-13/h1-8,11H,9-10,12H2,(H,20,22). The van der Waals surface area contributed by atoms with Gasteiger partial charge in [0.15, 0.2) is 5.17 Å². The summed E-state index contributed by atoms with van der Waals surface area (Å²) in [5.41, 5.74) is 1.73. The number of nitrogens with zero attached hydrogens (tertiary/aromatic N) is 2. The van der Waals surface area contributed by atoms with Crippen molar-refractivity contribution in [1.29, 1.82) is 0 Å². The third-order valence-electron chi connectivity index (χ3n) is 3.30. The van der Waals surface area contributed by atoms with E-state index in [-0.39, 0.29) is 6.03 Å². The molecule has 2 aromatic carbocycles. The lowest BCUT2D eigenvalue weighted by Crippen LogP contribution is -2.37. The molecule has 6 heteroatoms. The Hall–Kier alpha value is -1.98. The van der Waals surface area contributed by atoms with Crippen molar-refractivity contribution < 1.29 is 4.79 Å². The van der Waals surface area contributed by atoms with E-state index in [4.69, 9.17) is 11.6 Å². The van der Waals surface area contributed by atoms with Crippen molar-refractivity contribution in [2.45, 2.75) is 6.54 Å². The summed E-state index contributed by atoms with van der Waals surface area (Å²) in [5, 5.41) is 4.23. The van der Waals surface area contributed by atoms with Crippen molar-refractivity contribution in [3.63, 3.8) is 0 Å². The first-order valence-electron chi connectivity index (χ1n) is 7.27. The first-order valence-corrected chi connectivity index (χ1v) is 8.64. The number of anilines is 1. The minimum atomic E-state index is -0.204. The second kappa shape index (κ2) is 7.53. The van der Waals surface area contributed by atoms with Gasteiger partial charge in [-0.2, -0.15) is 0 Å². The van der Waals surface area contributed by atoms with E-state index in [0.717, 1.165) is 23.0 Å². The van der Waals surface area contributed by atoms with Crippen molar-refractivity contribution in [3.05, 3.63) is 65.2 Å². The van der Waals surface area contributed by atoms with Crippen LogP contribution in [0.4, 0.5) is 10.5 Å². The summed E-state index contributed by atoms with van der Waals surface area (Å²) in [6, 6.07) is 16.8. The zero-order valence-electron chi connectivity index (χ0n) is 12.4. The van der Waals surface area contributed by atoms with Crippen LogP contribution in [0.5, 0.6) is 0 Å². The monoisotopic (exact) mass is 345 g/mol. The Bertz CT molecular complexity index is 721. The second-order valence-corrected chi connectivity index (χ2v) is 6.52. The van der Waals surface area contributed by atoms with Gasteiger partial charge in [0.2, 0.25) is 0 Å². The van der Waals surface area contributed by atoms with Crippen LogP contribution in [0.3, 0.4) is 0 Å². The normalized spacial score (nSPS) is 13.5. The third kappa shape index (κ3) is 4.27. The number of amides is 2. The van der Waals surface area contributed by atoms with Gasteiger partial charge in [0.05, 0.1) is 13.1 Å². The van der Waals surface area contributed by atoms with E-state index in [1.807, 2.05) is 36.4 Å². The highest BCUT2D eigenvalue weighted by atomic mass is 35.5. The molecule has 2 amide bonds. The molecular weight excluding hydrogens is 330 g/mol. The molecule has 0 fully saturated rings. The number of carbonyl (C=O) groups excluding carboxylic acids is 1. The Labute approximate surface area is 144 Å². The lowest BCUT2D eigenvalue weighted by molar-refractivity contribution is 0.233. The SMILES string of the molecule is O=C(Nc1cccc(Cl)c1)N(Cc1ccccc1)C1=NCCS1. The number of benzene rings is 2. The predicted molar refractivity (Wildman–Crippen MR) is 97.2 cm³/mol. The fourth-order valence-electron chi connectivity index (χ4n) is 2.24. The Morgan fingerprint density at radius 1 is 1.22 bits per heavy atom. The van der Waals surface area contributed by atoms with Crippen LogP contribution in [0, 0.1) is 0 Å². The lowest BCUT2D eigenvalue weighted by atomic mass is 10.2. The number of thioether (sulfide) groups is 1. The minimum Gasteiger partial charge on any atom is -0.307 e. The van der Waals surface area contributed by atoms with Gasteiger partial charge in [-0.25, -0.2) is 4.79 Å². The number of urea groups is 1. The maximum absolute atomic E-state index is 12.7. The van der Waals surface area contributed by atoms with Crippen molar-refractivity contribution >= 4 is 40.2 Å². The maximum Gasteiger partial charge on any atom is 0.328 e. The molecule has 3 rings (SSSR count). The summed E-state index contributed by atoms with van der Waals surface area (Å²) >= 11 is 7.57. The fraction of sp³-hybridized carbons (Fsp3) is 0.176. The van der Waals surface area contributed by atoms with Gasteiger partial charge in [-0.05, 0) is 23.8 Å². The van der Waals surface area contributed by atoms with Gasteiger partial charge in [-0.3, -0.25) is 9.89 Å². The quantitative estimate of drug-likeness (QED) is 0.891. The summed E-state index contributed by atoms with van der Waals surface area (Å²) in [4.78, 5) is 18.8. The molecule has 23 heavy (non-hydrogen) atoms. The van der Waals surface area contributed by atoms with Gasteiger partial charge in [0.25, 0.3) is 0 Å². The van der Waals surface area contributed by atoms with Crippen LogP contribution in [-0.2, 0) is 6.54 Å². The lowest BCUT2D eigenvalue weighted by Gasteiger charge is -2.22. The zero-order chi connectivity index (χ0) is 16.1. The summed E-state index contributed by atoms with van der Waals surface area (Å²) in [5.74, 6) is 0.908. The van der Waals surface area contributed by atoms with Crippen LogP contribution in [0.15, 0.2) is 59.6 Å². The Balaban J connectivity index is 1.78. The maximum atomic E-state index is 12.7. The van der Waals surface area contributed by atoms with Crippen molar-refractivity contribution in [1.82, 2.24) is 4.90 Å². The van der Waals surface area contributed by atoms with Gasteiger partial charge in [0.1, 0.15) is 0 Å². The molecule has 1 N–H and O–H groups in total. The van der Waals surface area contributed by atoms with E-state index in [2.05, 4.69) is 10.3 Å². The van der Waals surface area contributed by atoms with Gasteiger partial charge in [-0.1, -0.05) is 59.8 Å². The second-order valence-electron chi connectivity index (χ2n) is 5.03. The number of halogens is 1. The molecule has 4 nitrogen and oxygen atoms in total. The van der Waals surface area contributed by atoms with E-state index in [1.54, 1.807) is 34.9 Å². The highest BCUT2D eigenvalue weighted by Crippen LogP contribution is 2.21. The molecule has 1 aliphatic rings. The zero-order valence-corrected chi connectivity index (χ0v) is 14.0. The molecule has 0 atom stereocenters. The van der Waals surface area contributed by atoms with Crippen LogP contribution in [0.1, 0.15) is 5.56 Å². The average molecular weight is 346 g/mol. The molecule has 2 aromatic rings. The van der Waals surface area contributed by atoms with Gasteiger partial charge in [-0.15, -0.1) is 0 Å². The van der Waals surface area contributed by atoms with Gasteiger partial charge < -0.3 is 5.32 Å². The largest absolute Gasteiger partial charge is 0.328 e. The number of hydrogen-bond acceptors (Lipinski definition) is 3. The van der Waals surface area contributed by atoms with Crippen molar-refractivity contribution in [2.75, 3.05) is 17.6 Å². The van der Waals surface area contributed by atoms with Crippen molar-refractivity contribution in [2.24, 2.45) is 4.99 Å². The van der Waals surface area contributed by atoms with Gasteiger partial charge in [0, 0.05) is 16.5 Å². The van der Waals surface area contributed by atoms with Gasteiger partial charge >= 0.3 is 6.03 Å². The van der Waals surface area contributed by atoms with E-state index in [0.29, 0.717) is 17.3 Å². The van der Waals surface area contributed by atoms with E-state index >= 15 is 0 Å². The first-order chi connectivity index (χ1) is 11.2. The molecule has 1 aliphatic heterocycles. The molecule has 0 aromatic heterocycles. The number of aliphatic imine (C=N–C) groups is 1. The number of rotatable bonds is 3. The number of hydrogen-bond donors (Lipinski definition) is 1. The van der Waals surface area contributed by atoms with Crippen LogP contribution >= 0.6 is 23.4 Å². The molecule has 1 heterocycles. The fourth-order valence-corrected chi connectivity index (χ4v) is 3.28. The first kappa shape index (κ1) is 15.9. The highest BCUT2D eigenvalue weighted by Gasteiger charge is 2.23. The molecule has 0 saturated carbocycles. The van der Waals surface area contributed by atoms with Crippen LogP contribution in [0.25, 0.3) is 0 Å². The van der Waals surface area contributed by atoms with Crippen LogP contribution in [-0.4, -0.2) is 28.4 Å². The third-order valence-corrected chi connectivity index (χ3v) is 4.53. The molecule has 0 unspecified atom stereocenters. The number of nitrogens with one attached hydrogen (secondary N) is 1. The summed E-state index contributed by atoms with van der Waals surface area (Å²) < 4.78 is 0. The molecule has 0 bridgehead atoms. The molecule has 118 valence electrons. The highest BCUT2D eigenvalue weighted by molar-refractivity contribution is 8.14. The van der Waals surface area contributed by atoms with Crippen LogP contribution < -0.4 is 5.32 Å². The smallest absolute Gasteiger partial charge is 0.307 e. The Morgan fingerprint density at radius 3 is 2.74 bits per heavy atom. The van der Waals surface area contributed by atoms with Crippen LogP contribution in [0.2, 0.25) is 5.02 Å². The van der Waals surface area contributed by atoms with E-state index in [9.17, 15) is 4.79 Å².